The summed E-state index contributed by atoms with van der Waals surface area (Å²) in [5.74, 6) is 0.0751. The quantitative estimate of drug-likeness (QED) is 0.732. The summed E-state index contributed by atoms with van der Waals surface area (Å²) >= 11 is 1.50. The van der Waals surface area contributed by atoms with Gasteiger partial charge in [-0.25, -0.2) is 4.98 Å². The Morgan fingerprint density at radius 1 is 1.29 bits per heavy atom. The average Bonchev–Trinajstić information content (AvgIpc) is 3.22. The van der Waals surface area contributed by atoms with E-state index < -0.39 is 0 Å². The van der Waals surface area contributed by atoms with Crippen LogP contribution >= 0.6 is 11.3 Å². The number of benzene rings is 2. The monoisotopic (exact) mass is 393 g/mol. The van der Waals surface area contributed by atoms with E-state index in [0.29, 0.717) is 11.4 Å². The second-order valence-electron chi connectivity index (χ2n) is 6.62. The number of rotatable bonds is 4. The van der Waals surface area contributed by atoms with Crippen LogP contribution in [0.5, 0.6) is 5.75 Å². The molecule has 6 nitrogen and oxygen atoms in total. The van der Waals surface area contributed by atoms with Crippen LogP contribution in [0.25, 0.3) is 11.3 Å². The first-order chi connectivity index (χ1) is 13.5. The van der Waals surface area contributed by atoms with Gasteiger partial charge in [-0.05, 0) is 49.2 Å². The van der Waals surface area contributed by atoms with Crippen molar-refractivity contribution in [1.29, 1.82) is 0 Å². The predicted molar refractivity (Wildman–Crippen MR) is 110 cm³/mol. The zero-order valence-corrected chi connectivity index (χ0v) is 16.4. The van der Waals surface area contributed by atoms with Gasteiger partial charge in [0, 0.05) is 16.6 Å². The minimum Gasteiger partial charge on any atom is -0.482 e. The number of amides is 2. The van der Waals surface area contributed by atoms with E-state index in [2.05, 4.69) is 10.3 Å². The molecule has 0 radical (unpaired) electrons. The van der Waals surface area contributed by atoms with Crippen molar-refractivity contribution in [3.63, 3.8) is 0 Å². The predicted octanol–water partition coefficient (Wildman–Crippen LogP) is 3.79. The van der Waals surface area contributed by atoms with Crippen molar-refractivity contribution in [1.82, 2.24) is 4.98 Å². The van der Waals surface area contributed by atoms with Crippen LogP contribution in [0.3, 0.4) is 0 Å². The Kier molecular flexibility index (Phi) is 4.83. The van der Waals surface area contributed by atoms with Crippen molar-refractivity contribution in [2.24, 2.45) is 0 Å². The molecule has 2 amide bonds. The fraction of sp³-hybridized carbons (Fsp3) is 0.190. The van der Waals surface area contributed by atoms with Crippen LogP contribution in [-0.4, -0.2) is 29.9 Å². The first-order valence-corrected chi connectivity index (χ1v) is 9.79. The number of carbonyl (C=O) groups is 2. The fourth-order valence-corrected chi connectivity index (χ4v) is 3.67. The van der Waals surface area contributed by atoms with E-state index in [1.165, 1.54) is 16.2 Å². The highest BCUT2D eigenvalue weighted by Crippen LogP contribution is 2.36. The summed E-state index contributed by atoms with van der Waals surface area (Å²) < 4.78 is 5.53. The van der Waals surface area contributed by atoms with Gasteiger partial charge in [-0.3, -0.25) is 14.5 Å². The minimum atomic E-state index is -0.256. The number of fused-ring (bicyclic) bond motifs is 1. The Labute approximate surface area is 166 Å². The number of aryl methyl sites for hydroxylation is 1. The van der Waals surface area contributed by atoms with Crippen molar-refractivity contribution in [2.45, 2.75) is 13.8 Å². The molecule has 0 saturated carbocycles. The number of nitrogens with zero attached hydrogens (tertiary/aromatic N) is 2. The Morgan fingerprint density at radius 3 is 2.93 bits per heavy atom. The molecule has 1 aliphatic rings. The first kappa shape index (κ1) is 18.2. The molecule has 0 atom stereocenters. The number of ether oxygens (including phenoxy) is 1. The van der Waals surface area contributed by atoms with Crippen LogP contribution in [0, 0.1) is 13.8 Å². The molecule has 0 saturated heterocycles. The Balaban J connectivity index is 1.59. The molecule has 2 heterocycles. The lowest BCUT2D eigenvalue weighted by atomic mass is 10.1. The highest BCUT2D eigenvalue weighted by molar-refractivity contribution is 7.07. The second kappa shape index (κ2) is 7.44. The number of thiazole rings is 1. The van der Waals surface area contributed by atoms with Crippen LogP contribution in [0.15, 0.2) is 47.3 Å². The molecule has 7 heteroatoms. The molecular weight excluding hydrogens is 374 g/mol. The van der Waals surface area contributed by atoms with Gasteiger partial charge in [0.1, 0.15) is 12.3 Å². The van der Waals surface area contributed by atoms with E-state index in [1.807, 2.05) is 55.6 Å². The average molecular weight is 393 g/mol. The summed E-state index contributed by atoms with van der Waals surface area (Å²) in [6.45, 7) is 3.79. The zero-order chi connectivity index (χ0) is 19.7. The maximum absolute atomic E-state index is 12.7. The molecule has 0 aliphatic carbocycles. The Morgan fingerprint density at radius 2 is 2.14 bits per heavy atom. The number of anilines is 2. The van der Waals surface area contributed by atoms with Crippen molar-refractivity contribution in [3.05, 3.63) is 58.4 Å². The number of hydrogen-bond donors (Lipinski definition) is 1. The largest absolute Gasteiger partial charge is 0.482 e. The SMILES string of the molecule is Cc1cccc(NC(=O)CN2C(=O)COc3ccc(-c4cscn4)cc32)c1C. The summed E-state index contributed by atoms with van der Waals surface area (Å²) in [6, 6.07) is 11.3. The molecular formula is C21H19N3O3S. The molecule has 4 rings (SSSR count). The van der Waals surface area contributed by atoms with Gasteiger partial charge in [0.25, 0.3) is 5.91 Å². The molecule has 28 heavy (non-hydrogen) atoms. The third-order valence-corrected chi connectivity index (χ3v) is 5.40. The molecule has 2 aromatic carbocycles. The Bertz CT molecular complexity index is 1050. The lowest BCUT2D eigenvalue weighted by Gasteiger charge is -2.29. The van der Waals surface area contributed by atoms with Crippen LogP contribution < -0.4 is 15.0 Å². The fourth-order valence-electron chi connectivity index (χ4n) is 3.11. The summed E-state index contributed by atoms with van der Waals surface area (Å²) in [7, 11) is 0. The van der Waals surface area contributed by atoms with Gasteiger partial charge in [-0.2, -0.15) is 0 Å². The summed E-state index contributed by atoms with van der Waals surface area (Å²) in [5, 5.41) is 4.84. The van der Waals surface area contributed by atoms with Crippen LogP contribution in [0.4, 0.5) is 11.4 Å². The second-order valence-corrected chi connectivity index (χ2v) is 7.34. The molecule has 0 unspecified atom stereocenters. The van der Waals surface area contributed by atoms with Gasteiger partial charge in [0.15, 0.2) is 6.61 Å². The number of nitrogens with one attached hydrogen (secondary N) is 1. The van der Waals surface area contributed by atoms with Gasteiger partial charge >= 0.3 is 0 Å². The van der Waals surface area contributed by atoms with E-state index in [1.54, 1.807) is 5.51 Å². The number of aromatic nitrogens is 1. The molecule has 3 aromatic rings. The maximum atomic E-state index is 12.7. The van der Waals surface area contributed by atoms with Crippen molar-refractivity contribution >= 4 is 34.5 Å². The van der Waals surface area contributed by atoms with Crippen molar-refractivity contribution in [3.8, 4) is 17.0 Å². The molecule has 1 N–H and O–H groups in total. The smallest absolute Gasteiger partial charge is 0.265 e. The molecule has 142 valence electrons. The van der Waals surface area contributed by atoms with Gasteiger partial charge in [-0.15, -0.1) is 11.3 Å². The van der Waals surface area contributed by atoms with Crippen LogP contribution in [0.2, 0.25) is 0 Å². The first-order valence-electron chi connectivity index (χ1n) is 8.85. The number of hydrogen-bond acceptors (Lipinski definition) is 5. The van der Waals surface area contributed by atoms with Gasteiger partial charge in [0.05, 0.1) is 16.9 Å². The lowest BCUT2D eigenvalue weighted by Crippen LogP contribution is -2.43. The highest BCUT2D eigenvalue weighted by atomic mass is 32.1. The third kappa shape index (κ3) is 3.48. The molecule has 0 bridgehead atoms. The van der Waals surface area contributed by atoms with Crippen LogP contribution in [0.1, 0.15) is 11.1 Å². The van der Waals surface area contributed by atoms with Crippen molar-refractivity contribution < 1.29 is 14.3 Å². The zero-order valence-electron chi connectivity index (χ0n) is 15.6. The van der Waals surface area contributed by atoms with E-state index in [4.69, 9.17) is 4.74 Å². The van der Waals surface area contributed by atoms with E-state index in [9.17, 15) is 9.59 Å². The normalized spacial score (nSPS) is 13.1. The third-order valence-electron chi connectivity index (χ3n) is 4.81. The molecule has 1 aliphatic heterocycles. The molecule has 0 fully saturated rings. The minimum absolute atomic E-state index is 0.0803. The van der Waals surface area contributed by atoms with Gasteiger partial charge in [0.2, 0.25) is 5.91 Å². The molecule has 1 aromatic heterocycles. The summed E-state index contributed by atoms with van der Waals surface area (Å²) in [5.41, 5.74) is 6.89. The van der Waals surface area contributed by atoms with Gasteiger partial charge < -0.3 is 10.1 Å². The van der Waals surface area contributed by atoms with Crippen molar-refractivity contribution in [2.75, 3.05) is 23.4 Å². The number of carbonyl (C=O) groups excluding carboxylic acids is 2. The van der Waals surface area contributed by atoms with E-state index in [-0.39, 0.29) is 25.0 Å². The van der Waals surface area contributed by atoms with E-state index >= 15 is 0 Å². The summed E-state index contributed by atoms with van der Waals surface area (Å²) in [6.07, 6.45) is 0. The maximum Gasteiger partial charge on any atom is 0.265 e. The van der Waals surface area contributed by atoms with Gasteiger partial charge in [-0.1, -0.05) is 12.1 Å². The highest BCUT2D eigenvalue weighted by Gasteiger charge is 2.28. The standard InChI is InChI=1S/C21H19N3O3S/c1-13-4-3-5-16(14(13)2)23-20(25)9-24-18-8-15(17-11-28-12-22-17)6-7-19(18)27-10-21(24)26/h3-8,11-12H,9-10H2,1-2H3,(H,23,25). The van der Waals surface area contributed by atoms with Crippen LogP contribution in [-0.2, 0) is 9.59 Å². The Hall–Kier alpha value is -3.19. The summed E-state index contributed by atoms with van der Waals surface area (Å²) in [4.78, 5) is 30.9. The van der Waals surface area contributed by atoms with E-state index in [0.717, 1.165) is 28.1 Å². The topological polar surface area (TPSA) is 71.5 Å². The molecule has 0 spiro atoms. The lowest BCUT2D eigenvalue weighted by molar-refractivity contribution is -0.123.